The molecule has 5 aromatic rings. The molecule has 5 heteroatoms. The molecule has 1 amide bonds. The number of nitrogens with zero attached hydrogens (tertiary/aromatic N) is 3. The van der Waals surface area contributed by atoms with E-state index >= 15 is 0 Å². The van der Waals surface area contributed by atoms with Crippen LogP contribution < -0.4 is 5.32 Å². The zero-order chi connectivity index (χ0) is 22.9. The van der Waals surface area contributed by atoms with Crippen molar-refractivity contribution in [3.63, 3.8) is 0 Å². The van der Waals surface area contributed by atoms with Gasteiger partial charge < -0.3 is 5.32 Å². The van der Waals surface area contributed by atoms with Crippen molar-refractivity contribution in [3.05, 3.63) is 89.6 Å². The fourth-order valence-electron chi connectivity index (χ4n) is 4.20. The number of rotatable bonds is 5. The summed E-state index contributed by atoms with van der Waals surface area (Å²) >= 11 is 0. The number of nitrogens with one attached hydrogen (secondary N) is 1. The number of hydrogen-bond acceptors (Lipinski definition) is 3. The lowest BCUT2D eigenvalue weighted by Crippen LogP contribution is -2.20. The minimum Gasteiger partial charge on any atom is -0.324 e. The molecule has 164 valence electrons. The molecule has 0 fully saturated rings. The van der Waals surface area contributed by atoms with E-state index in [0.717, 1.165) is 50.7 Å². The minimum atomic E-state index is -0.110. The molecule has 0 aliphatic carbocycles. The molecule has 2 heterocycles. The van der Waals surface area contributed by atoms with Gasteiger partial charge in [0.05, 0.1) is 11.0 Å². The van der Waals surface area contributed by atoms with Crippen molar-refractivity contribution in [2.24, 2.45) is 0 Å². The number of aryl methyl sites for hydroxylation is 3. The Morgan fingerprint density at radius 3 is 2.52 bits per heavy atom. The van der Waals surface area contributed by atoms with Crippen LogP contribution in [0.2, 0.25) is 0 Å². The fraction of sp³-hybridized carbons (Fsp3) is 0.179. The van der Waals surface area contributed by atoms with Crippen molar-refractivity contribution in [1.29, 1.82) is 0 Å². The molecule has 0 saturated heterocycles. The van der Waals surface area contributed by atoms with E-state index in [9.17, 15) is 4.79 Å². The van der Waals surface area contributed by atoms with E-state index in [1.54, 1.807) is 0 Å². The molecule has 5 rings (SSSR count). The Labute approximate surface area is 193 Å². The van der Waals surface area contributed by atoms with E-state index in [0.29, 0.717) is 0 Å². The minimum absolute atomic E-state index is 0.110. The summed E-state index contributed by atoms with van der Waals surface area (Å²) in [6.07, 6.45) is 2.81. The van der Waals surface area contributed by atoms with Gasteiger partial charge in [0.1, 0.15) is 12.2 Å². The highest BCUT2D eigenvalue weighted by atomic mass is 16.2. The standard InChI is InChI=1S/C28H26N4O/c1-4-20-11-14-25-22(15-20)28-23(16-29-25)27(21-12-9-18(2)10-13-21)31-32(28)17-26(33)30-24-8-6-5-7-19(24)3/h5-16H,4,17H2,1-3H3,(H,30,33). The Balaban J connectivity index is 1.65. The molecule has 0 atom stereocenters. The Hall–Kier alpha value is -3.99. The zero-order valence-corrected chi connectivity index (χ0v) is 19.1. The first kappa shape index (κ1) is 20.9. The normalized spacial score (nSPS) is 11.2. The van der Waals surface area contributed by atoms with Gasteiger partial charge in [-0.3, -0.25) is 14.5 Å². The summed E-state index contributed by atoms with van der Waals surface area (Å²) in [5, 5.41) is 9.91. The van der Waals surface area contributed by atoms with E-state index < -0.39 is 0 Å². The maximum absolute atomic E-state index is 13.0. The lowest BCUT2D eigenvalue weighted by atomic mass is 10.0. The lowest BCUT2D eigenvalue weighted by molar-refractivity contribution is -0.116. The SMILES string of the molecule is CCc1ccc2ncc3c(-c4ccc(C)cc4)nn(CC(=O)Nc4ccccc4C)c3c2c1. The predicted octanol–water partition coefficient (Wildman–Crippen LogP) is 6.07. The summed E-state index contributed by atoms with van der Waals surface area (Å²) in [7, 11) is 0. The molecule has 0 spiro atoms. The number of amides is 1. The summed E-state index contributed by atoms with van der Waals surface area (Å²) in [5.74, 6) is -0.110. The maximum atomic E-state index is 13.0. The Kier molecular flexibility index (Phi) is 5.38. The van der Waals surface area contributed by atoms with Crippen LogP contribution in [0.15, 0.2) is 72.9 Å². The maximum Gasteiger partial charge on any atom is 0.246 e. The van der Waals surface area contributed by atoms with Crippen LogP contribution in [0.5, 0.6) is 0 Å². The Bertz CT molecular complexity index is 1480. The number of para-hydroxylation sites is 1. The van der Waals surface area contributed by atoms with E-state index in [4.69, 9.17) is 10.1 Å². The molecule has 0 bridgehead atoms. The first-order valence-corrected chi connectivity index (χ1v) is 11.2. The van der Waals surface area contributed by atoms with Gasteiger partial charge in [0.15, 0.2) is 0 Å². The molecule has 5 nitrogen and oxygen atoms in total. The molecule has 0 aliphatic rings. The van der Waals surface area contributed by atoms with E-state index in [1.165, 1.54) is 11.1 Å². The average Bonchev–Trinajstić information content (AvgIpc) is 3.19. The highest BCUT2D eigenvalue weighted by Crippen LogP contribution is 2.32. The number of carbonyl (C=O) groups excluding carboxylic acids is 1. The van der Waals surface area contributed by atoms with Gasteiger partial charge in [-0.2, -0.15) is 5.10 Å². The van der Waals surface area contributed by atoms with Crippen LogP contribution in [0.4, 0.5) is 5.69 Å². The Morgan fingerprint density at radius 2 is 1.76 bits per heavy atom. The Morgan fingerprint density at radius 1 is 0.970 bits per heavy atom. The van der Waals surface area contributed by atoms with Crippen molar-refractivity contribution in [3.8, 4) is 11.3 Å². The van der Waals surface area contributed by atoms with Crippen molar-refractivity contribution in [2.75, 3.05) is 5.32 Å². The van der Waals surface area contributed by atoms with Crippen molar-refractivity contribution in [2.45, 2.75) is 33.7 Å². The smallest absolute Gasteiger partial charge is 0.246 e. The highest BCUT2D eigenvalue weighted by molar-refractivity contribution is 6.09. The first-order valence-electron chi connectivity index (χ1n) is 11.2. The second kappa shape index (κ2) is 8.51. The van der Waals surface area contributed by atoms with Gasteiger partial charge in [-0.25, -0.2) is 0 Å². The number of aromatic nitrogens is 3. The topological polar surface area (TPSA) is 59.8 Å². The molecule has 33 heavy (non-hydrogen) atoms. The molecule has 0 radical (unpaired) electrons. The van der Waals surface area contributed by atoms with Crippen molar-refractivity contribution < 1.29 is 4.79 Å². The number of carbonyl (C=O) groups is 1. The van der Waals surface area contributed by atoms with Crippen molar-refractivity contribution in [1.82, 2.24) is 14.8 Å². The molecule has 0 aliphatic heterocycles. The predicted molar refractivity (Wildman–Crippen MR) is 134 cm³/mol. The lowest BCUT2D eigenvalue weighted by Gasteiger charge is -2.10. The summed E-state index contributed by atoms with van der Waals surface area (Å²) < 4.78 is 1.82. The average molecular weight is 435 g/mol. The van der Waals surface area contributed by atoms with Crippen molar-refractivity contribution >= 4 is 33.4 Å². The molecule has 3 aromatic carbocycles. The van der Waals surface area contributed by atoms with Crippen LogP contribution in [0, 0.1) is 13.8 Å². The summed E-state index contributed by atoms with van der Waals surface area (Å²) in [6.45, 7) is 6.31. The van der Waals surface area contributed by atoms with Gasteiger partial charge in [-0.1, -0.05) is 61.0 Å². The van der Waals surface area contributed by atoms with Gasteiger partial charge in [-0.15, -0.1) is 0 Å². The molecular weight excluding hydrogens is 408 g/mol. The molecule has 2 aromatic heterocycles. The summed E-state index contributed by atoms with van der Waals surface area (Å²) in [5.41, 5.74) is 7.95. The third-order valence-electron chi connectivity index (χ3n) is 6.08. The van der Waals surface area contributed by atoms with E-state index in [2.05, 4.69) is 55.6 Å². The highest BCUT2D eigenvalue weighted by Gasteiger charge is 2.18. The fourth-order valence-corrected chi connectivity index (χ4v) is 4.20. The zero-order valence-electron chi connectivity index (χ0n) is 19.1. The van der Waals surface area contributed by atoms with Gasteiger partial charge in [0.25, 0.3) is 0 Å². The first-order chi connectivity index (χ1) is 16.0. The van der Waals surface area contributed by atoms with Crippen LogP contribution >= 0.6 is 0 Å². The van der Waals surface area contributed by atoms with Gasteiger partial charge >= 0.3 is 0 Å². The van der Waals surface area contributed by atoms with Crippen LogP contribution in [0.25, 0.3) is 33.1 Å². The number of benzene rings is 3. The van der Waals surface area contributed by atoms with Gasteiger partial charge in [0, 0.05) is 28.2 Å². The molecule has 0 saturated carbocycles. The van der Waals surface area contributed by atoms with Gasteiger partial charge in [-0.05, 0) is 49.6 Å². The second-order valence-electron chi connectivity index (χ2n) is 8.46. The largest absolute Gasteiger partial charge is 0.324 e. The second-order valence-corrected chi connectivity index (χ2v) is 8.46. The molecular formula is C28H26N4O. The number of hydrogen-bond donors (Lipinski definition) is 1. The van der Waals surface area contributed by atoms with E-state index in [1.807, 2.05) is 48.1 Å². The number of fused-ring (bicyclic) bond motifs is 3. The van der Waals surface area contributed by atoms with Crippen LogP contribution in [0.3, 0.4) is 0 Å². The third kappa shape index (κ3) is 3.98. The number of pyridine rings is 1. The number of anilines is 1. The van der Waals surface area contributed by atoms with Crippen LogP contribution in [0.1, 0.15) is 23.6 Å². The van der Waals surface area contributed by atoms with E-state index in [-0.39, 0.29) is 12.5 Å². The monoisotopic (exact) mass is 434 g/mol. The molecule has 1 N–H and O–H groups in total. The van der Waals surface area contributed by atoms with Crippen LogP contribution in [-0.2, 0) is 17.8 Å². The molecule has 0 unspecified atom stereocenters. The summed E-state index contributed by atoms with van der Waals surface area (Å²) in [4.78, 5) is 17.7. The summed E-state index contributed by atoms with van der Waals surface area (Å²) in [6, 6.07) is 22.4. The third-order valence-corrected chi connectivity index (χ3v) is 6.08. The quantitative estimate of drug-likeness (QED) is 0.365. The van der Waals surface area contributed by atoms with Gasteiger partial charge in [0.2, 0.25) is 5.91 Å². The van der Waals surface area contributed by atoms with Crippen LogP contribution in [-0.4, -0.2) is 20.7 Å².